The molecule has 0 atom stereocenters. The number of carbonyl (C=O) groups is 1. The summed E-state index contributed by atoms with van der Waals surface area (Å²) in [6.45, 7) is 1.88. The molecule has 1 amide bonds. The summed E-state index contributed by atoms with van der Waals surface area (Å²) in [4.78, 5) is 15.0. The van der Waals surface area contributed by atoms with Crippen LogP contribution in [0.15, 0.2) is 24.3 Å². The van der Waals surface area contributed by atoms with Gasteiger partial charge in [-0.15, -0.1) is 0 Å². The van der Waals surface area contributed by atoms with Crippen LogP contribution in [0.3, 0.4) is 0 Å². The van der Waals surface area contributed by atoms with Crippen LogP contribution in [-0.4, -0.2) is 23.9 Å². The molecule has 0 bridgehead atoms. The predicted octanol–water partition coefficient (Wildman–Crippen LogP) is 2.29. The van der Waals surface area contributed by atoms with E-state index < -0.39 is 0 Å². The van der Waals surface area contributed by atoms with Gasteiger partial charge in [0.2, 0.25) is 5.91 Å². The van der Waals surface area contributed by atoms with Crippen LogP contribution in [0.25, 0.3) is 0 Å². The molecule has 0 radical (unpaired) electrons. The number of carbonyl (C=O) groups excluding carboxylic acids is 1. The lowest BCUT2D eigenvalue weighted by Crippen LogP contribution is -2.38. The smallest absolute Gasteiger partial charge is 0.233 e. The van der Waals surface area contributed by atoms with E-state index in [0.29, 0.717) is 5.91 Å². The maximum Gasteiger partial charge on any atom is 0.233 e. The Morgan fingerprint density at radius 1 is 1.00 bits per heavy atom. The van der Waals surface area contributed by atoms with Gasteiger partial charge < -0.3 is 10.6 Å². The summed E-state index contributed by atoms with van der Waals surface area (Å²) in [5.74, 6) is 0.353. The molecular formula is C17H22N2O. The lowest BCUT2D eigenvalue weighted by molar-refractivity contribution is -0.132. The molecule has 0 aromatic heterocycles. The van der Waals surface area contributed by atoms with Crippen molar-refractivity contribution in [3.8, 4) is 0 Å². The van der Waals surface area contributed by atoms with Crippen LogP contribution in [-0.2, 0) is 15.7 Å². The van der Waals surface area contributed by atoms with E-state index in [2.05, 4.69) is 29.2 Å². The van der Waals surface area contributed by atoms with Crippen molar-refractivity contribution in [1.82, 2.24) is 4.90 Å². The molecule has 1 aliphatic heterocycles. The fourth-order valence-corrected chi connectivity index (χ4v) is 3.68. The molecule has 1 heterocycles. The van der Waals surface area contributed by atoms with Gasteiger partial charge in [0.1, 0.15) is 0 Å². The Bertz CT molecular complexity index is 552. The fourth-order valence-electron chi connectivity index (χ4n) is 3.68. The SMILES string of the molecule is NC1(c2ccccc2C2(C(=O)N3CCCC3)CC2)CC1. The molecule has 1 saturated heterocycles. The van der Waals surface area contributed by atoms with Crippen molar-refractivity contribution in [1.29, 1.82) is 0 Å². The molecule has 3 nitrogen and oxygen atoms in total. The molecule has 4 rings (SSSR count). The molecule has 0 spiro atoms. The summed E-state index contributed by atoms with van der Waals surface area (Å²) < 4.78 is 0. The van der Waals surface area contributed by atoms with Gasteiger partial charge in [0.25, 0.3) is 0 Å². The molecule has 2 N–H and O–H groups in total. The third-order valence-corrected chi connectivity index (χ3v) is 5.32. The Morgan fingerprint density at radius 2 is 1.60 bits per heavy atom. The summed E-state index contributed by atoms with van der Waals surface area (Å²) in [5.41, 5.74) is 8.47. The van der Waals surface area contributed by atoms with Crippen LogP contribution in [0.5, 0.6) is 0 Å². The number of likely N-dealkylation sites (tertiary alicyclic amines) is 1. The van der Waals surface area contributed by atoms with Crippen molar-refractivity contribution in [2.24, 2.45) is 5.73 Å². The molecule has 0 unspecified atom stereocenters. The fraction of sp³-hybridized carbons (Fsp3) is 0.588. The highest BCUT2D eigenvalue weighted by Gasteiger charge is 2.56. The van der Waals surface area contributed by atoms with Crippen molar-refractivity contribution in [2.45, 2.75) is 49.5 Å². The number of nitrogens with zero attached hydrogens (tertiary/aromatic N) is 1. The Balaban J connectivity index is 1.72. The number of rotatable bonds is 3. The number of nitrogens with two attached hydrogens (primary N) is 1. The van der Waals surface area contributed by atoms with Crippen LogP contribution in [0, 0.1) is 0 Å². The van der Waals surface area contributed by atoms with Crippen LogP contribution >= 0.6 is 0 Å². The van der Waals surface area contributed by atoms with Gasteiger partial charge >= 0.3 is 0 Å². The zero-order valence-electron chi connectivity index (χ0n) is 11.9. The first-order valence-corrected chi connectivity index (χ1v) is 7.84. The molecular weight excluding hydrogens is 248 g/mol. The Labute approximate surface area is 120 Å². The lowest BCUT2D eigenvalue weighted by Gasteiger charge is -2.26. The molecule has 20 heavy (non-hydrogen) atoms. The molecule has 1 aromatic rings. The van der Waals surface area contributed by atoms with Crippen molar-refractivity contribution in [3.63, 3.8) is 0 Å². The van der Waals surface area contributed by atoms with E-state index in [4.69, 9.17) is 5.73 Å². The largest absolute Gasteiger partial charge is 0.342 e. The molecule has 2 saturated carbocycles. The van der Waals surface area contributed by atoms with E-state index >= 15 is 0 Å². The number of hydrogen-bond acceptors (Lipinski definition) is 2. The molecule has 2 aliphatic carbocycles. The molecule has 3 heteroatoms. The molecule has 1 aromatic carbocycles. The van der Waals surface area contributed by atoms with Crippen LogP contribution in [0.2, 0.25) is 0 Å². The number of benzene rings is 1. The normalized spacial score (nSPS) is 25.6. The standard InChI is InChI=1S/C17H22N2O/c18-17(9-10-17)14-6-2-1-5-13(14)16(7-8-16)15(20)19-11-3-4-12-19/h1-2,5-6H,3-4,7-12,18H2. The van der Waals surface area contributed by atoms with Gasteiger partial charge in [-0.2, -0.15) is 0 Å². The van der Waals surface area contributed by atoms with Crippen molar-refractivity contribution < 1.29 is 4.79 Å². The molecule has 3 aliphatic rings. The second kappa shape index (κ2) is 4.08. The molecule has 106 valence electrons. The van der Waals surface area contributed by atoms with E-state index in [9.17, 15) is 4.79 Å². The summed E-state index contributed by atoms with van der Waals surface area (Å²) in [7, 11) is 0. The van der Waals surface area contributed by atoms with E-state index in [1.807, 2.05) is 0 Å². The van der Waals surface area contributed by atoms with Gasteiger partial charge in [0, 0.05) is 18.6 Å². The zero-order chi connectivity index (χ0) is 13.8. The van der Waals surface area contributed by atoms with Crippen LogP contribution < -0.4 is 5.73 Å². The Hall–Kier alpha value is -1.35. The van der Waals surface area contributed by atoms with E-state index in [0.717, 1.165) is 51.6 Å². The van der Waals surface area contributed by atoms with Gasteiger partial charge in [-0.05, 0) is 49.7 Å². The van der Waals surface area contributed by atoms with Gasteiger partial charge in [-0.1, -0.05) is 24.3 Å². The minimum Gasteiger partial charge on any atom is -0.342 e. The maximum atomic E-state index is 12.9. The quantitative estimate of drug-likeness (QED) is 0.916. The number of hydrogen-bond donors (Lipinski definition) is 1. The number of amides is 1. The van der Waals surface area contributed by atoms with Crippen molar-refractivity contribution in [2.75, 3.05) is 13.1 Å². The minimum atomic E-state index is -0.240. The first-order chi connectivity index (χ1) is 9.66. The molecule has 3 fully saturated rings. The first-order valence-electron chi connectivity index (χ1n) is 7.84. The van der Waals surface area contributed by atoms with Gasteiger partial charge in [0.05, 0.1) is 5.41 Å². The van der Waals surface area contributed by atoms with E-state index in [1.54, 1.807) is 0 Å². The topological polar surface area (TPSA) is 46.3 Å². The van der Waals surface area contributed by atoms with Gasteiger partial charge in [-0.3, -0.25) is 4.79 Å². The second-order valence-electron chi connectivity index (χ2n) is 6.78. The summed E-state index contributed by atoms with van der Waals surface area (Å²) in [6.07, 6.45) is 6.41. The highest BCUT2D eigenvalue weighted by atomic mass is 16.2. The Morgan fingerprint density at radius 3 is 2.15 bits per heavy atom. The van der Waals surface area contributed by atoms with E-state index in [-0.39, 0.29) is 11.0 Å². The predicted molar refractivity (Wildman–Crippen MR) is 78.3 cm³/mol. The highest BCUT2D eigenvalue weighted by Crippen LogP contribution is 2.55. The maximum absolute atomic E-state index is 12.9. The first kappa shape index (κ1) is 12.4. The summed E-state index contributed by atoms with van der Waals surface area (Å²) in [6, 6.07) is 8.40. The third kappa shape index (κ3) is 1.72. The monoisotopic (exact) mass is 270 g/mol. The van der Waals surface area contributed by atoms with Gasteiger partial charge in [0.15, 0.2) is 0 Å². The van der Waals surface area contributed by atoms with Gasteiger partial charge in [-0.25, -0.2) is 0 Å². The van der Waals surface area contributed by atoms with Crippen molar-refractivity contribution in [3.05, 3.63) is 35.4 Å². The van der Waals surface area contributed by atoms with Crippen molar-refractivity contribution >= 4 is 5.91 Å². The average Bonchev–Trinajstić information content (AvgIpc) is 3.37. The summed E-state index contributed by atoms with van der Waals surface area (Å²) in [5, 5.41) is 0. The minimum absolute atomic E-state index is 0.155. The average molecular weight is 270 g/mol. The highest BCUT2D eigenvalue weighted by molar-refractivity contribution is 5.92. The van der Waals surface area contributed by atoms with Crippen LogP contribution in [0.1, 0.15) is 49.7 Å². The van der Waals surface area contributed by atoms with Crippen LogP contribution in [0.4, 0.5) is 0 Å². The second-order valence-corrected chi connectivity index (χ2v) is 6.78. The third-order valence-electron chi connectivity index (χ3n) is 5.32. The lowest BCUT2D eigenvalue weighted by atomic mass is 9.86. The zero-order valence-corrected chi connectivity index (χ0v) is 11.9. The summed E-state index contributed by atoms with van der Waals surface area (Å²) >= 11 is 0. The van der Waals surface area contributed by atoms with E-state index in [1.165, 1.54) is 11.1 Å². The Kier molecular flexibility index (Phi) is 2.53.